The average Bonchev–Trinajstić information content (AvgIpc) is 2.27. The van der Waals surface area contributed by atoms with Crippen LogP contribution < -0.4 is 5.32 Å². The molecule has 0 saturated heterocycles. The number of hydrogen-bond acceptors (Lipinski definition) is 5. The number of anilines is 1. The molecule has 1 aromatic rings. The number of aliphatic hydroxyl groups is 1. The molecule has 16 heavy (non-hydrogen) atoms. The molecule has 0 aromatic carbocycles. The summed E-state index contributed by atoms with van der Waals surface area (Å²) in [6, 6.07) is 0. The Morgan fingerprint density at radius 1 is 1.44 bits per heavy atom. The molecule has 0 amide bonds. The third-order valence-corrected chi connectivity index (χ3v) is 1.63. The first-order valence-electron chi connectivity index (χ1n) is 4.22. The summed E-state index contributed by atoms with van der Waals surface area (Å²) < 4.78 is 25.2. The van der Waals surface area contributed by atoms with Crippen molar-refractivity contribution in [2.75, 3.05) is 18.5 Å². The molecule has 8 heteroatoms. The molecule has 1 aromatic heterocycles. The second-order valence-corrected chi connectivity index (χ2v) is 2.96. The molecule has 6 nitrogen and oxygen atoms in total. The average molecular weight is 233 g/mol. The van der Waals surface area contributed by atoms with Gasteiger partial charge < -0.3 is 15.5 Å². The summed E-state index contributed by atoms with van der Waals surface area (Å²) in [5.41, 5.74) is -0.278. The van der Waals surface area contributed by atoms with Gasteiger partial charge in [0.1, 0.15) is 12.4 Å². The number of carbonyl (C=O) groups is 1. The quantitative estimate of drug-likeness (QED) is 0.673. The molecule has 3 N–H and O–H groups in total. The van der Waals surface area contributed by atoms with Crippen LogP contribution in [0.3, 0.4) is 0 Å². The highest BCUT2D eigenvalue weighted by Gasteiger charge is 2.27. The third-order valence-electron chi connectivity index (χ3n) is 1.63. The lowest BCUT2D eigenvalue weighted by molar-refractivity contribution is -0.0373. The monoisotopic (exact) mass is 233 g/mol. The van der Waals surface area contributed by atoms with Crippen LogP contribution in [0.4, 0.5) is 14.6 Å². The number of nitrogens with one attached hydrogen (secondary N) is 1. The standard InChI is InChI=1S/C8H9F2N3O3/c9-8(10,4-14)3-13-6-2-11-5(1-12-6)7(15)16/h1-2,14H,3-4H2,(H,12,13)(H,15,16). The first-order valence-corrected chi connectivity index (χ1v) is 4.22. The van der Waals surface area contributed by atoms with Crippen molar-refractivity contribution in [2.24, 2.45) is 0 Å². The molecule has 0 spiro atoms. The van der Waals surface area contributed by atoms with Gasteiger partial charge in [-0.15, -0.1) is 0 Å². The van der Waals surface area contributed by atoms with Gasteiger partial charge in [0.2, 0.25) is 0 Å². The lowest BCUT2D eigenvalue weighted by atomic mass is 10.3. The Morgan fingerprint density at radius 2 is 2.12 bits per heavy atom. The van der Waals surface area contributed by atoms with Gasteiger partial charge in [-0.05, 0) is 0 Å². The molecule has 0 fully saturated rings. The topological polar surface area (TPSA) is 95.3 Å². The van der Waals surface area contributed by atoms with E-state index in [0.717, 1.165) is 12.4 Å². The summed E-state index contributed by atoms with van der Waals surface area (Å²) in [6.45, 7) is -2.08. The van der Waals surface area contributed by atoms with Crippen LogP contribution in [0.2, 0.25) is 0 Å². The fourth-order valence-corrected chi connectivity index (χ4v) is 0.806. The normalized spacial score (nSPS) is 11.2. The van der Waals surface area contributed by atoms with E-state index < -0.39 is 25.0 Å². The van der Waals surface area contributed by atoms with E-state index in [1.165, 1.54) is 0 Å². The molecule has 88 valence electrons. The Hall–Kier alpha value is -1.83. The van der Waals surface area contributed by atoms with E-state index in [0.29, 0.717) is 0 Å². The Morgan fingerprint density at radius 3 is 2.56 bits per heavy atom. The number of aromatic nitrogens is 2. The maximum Gasteiger partial charge on any atom is 0.356 e. The minimum atomic E-state index is -3.26. The second kappa shape index (κ2) is 4.79. The number of alkyl halides is 2. The maximum absolute atomic E-state index is 12.6. The van der Waals surface area contributed by atoms with Crippen LogP contribution in [0, 0.1) is 0 Å². The number of aliphatic hydroxyl groups excluding tert-OH is 1. The fourth-order valence-electron chi connectivity index (χ4n) is 0.806. The SMILES string of the molecule is O=C(O)c1cnc(NCC(F)(F)CO)cn1. The zero-order chi connectivity index (χ0) is 12.2. The van der Waals surface area contributed by atoms with E-state index in [4.69, 9.17) is 10.2 Å². The number of carboxylic acids is 1. The molecule has 0 aliphatic heterocycles. The van der Waals surface area contributed by atoms with Crippen molar-refractivity contribution < 1.29 is 23.8 Å². The molecular formula is C8H9F2N3O3. The number of hydrogen-bond donors (Lipinski definition) is 3. The molecule has 0 unspecified atom stereocenters. The van der Waals surface area contributed by atoms with E-state index in [9.17, 15) is 13.6 Å². The highest BCUT2D eigenvalue weighted by Crippen LogP contribution is 2.12. The van der Waals surface area contributed by atoms with Gasteiger partial charge in [-0.2, -0.15) is 0 Å². The van der Waals surface area contributed by atoms with E-state index in [-0.39, 0.29) is 11.5 Å². The van der Waals surface area contributed by atoms with Crippen molar-refractivity contribution in [3.05, 3.63) is 18.1 Å². The van der Waals surface area contributed by atoms with Gasteiger partial charge in [0, 0.05) is 0 Å². The number of aromatic carboxylic acids is 1. The highest BCUT2D eigenvalue weighted by atomic mass is 19.3. The van der Waals surface area contributed by atoms with E-state index >= 15 is 0 Å². The van der Waals surface area contributed by atoms with Crippen molar-refractivity contribution in [3.63, 3.8) is 0 Å². The molecule has 1 rings (SSSR count). The summed E-state index contributed by atoms with van der Waals surface area (Å²) in [6.07, 6.45) is 1.97. The third kappa shape index (κ3) is 3.39. The van der Waals surface area contributed by atoms with Crippen molar-refractivity contribution in [1.29, 1.82) is 0 Å². The van der Waals surface area contributed by atoms with Crippen LogP contribution >= 0.6 is 0 Å². The number of nitrogens with zero attached hydrogens (tertiary/aromatic N) is 2. The first-order chi connectivity index (χ1) is 7.44. The number of halogens is 2. The summed E-state index contributed by atoms with van der Waals surface area (Å²) in [7, 11) is 0. The Labute approximate surface area is 89.0 Å². The predicted molar refractivity (Wildman–Crippen MR) is 49.5 cm³/mol. The molecular weight excluding hydrogens is 224 g/mol. The minimum absolute atomic E-state index is 0.0122. The van der Waals surface area contributed by atoms with E-state index in [1.54, 1.807) is 0 Å². The van der Waals surface area contributed by atoms with E-state index in [1.807, 2.05) is 0 Å². The lowest BCUT2D eigenvalue weighted by Crippen LogP contribution is -2.31. The van der Waals surface area contributed by atoms with Gasteiger partial charge in [0.25, 0.3) is 5.92 Å². The smallest absolute Gasteiger partial charge is 0.356 e. The zero-order valence-corrected chi connectivity index (χ0v) is 8.02. The Bertz CT molecular complexity index is 369. The molecule has 0 aliphatic rings. The molecule has 0 saturated carbocycles. The zero-order valence-electron chi connectivity index (χ0n) is 8.02. The molecule has 0 bridgehead atoms. The van der Waals surface area contributed by atoms with Gasteiger partial charge in [-0.25, -0.2) is 23.5 Å². The fraction of sp³-hybridized carbons (Fsp3) is 0.375. The summed E-state index contributed by atoms with van der Waals surface area (Å²) in [5, 5.41) is 19.0. The highest BCUT2D eigenvalue weighted by molar-refractivity contribution is 5.84. The van der Waals surface area contributed by atoms with E-state index in [2.05, 4.69) is 15.3 Å². The molecule has 0 atom stereocenters. The maximum atomic E-state index is 12.6. The van der Waals surface area contributed by atoms with Crippen molar-refractivity contribution in [2.45, 2.75) is 5.92 Å². The van der Waals surface area contributed by atoms with Crippen molar-refractivity contribution in [1.82, 2.24) is 9.97 Å². The number of rotatable bonds is 5. The number of carboxylic acid groups (broad SMARTS) is 1. The minimum Gasteiger partial charge on any atom is -0.476 e. The van der Waals surface area contributed by atoms with Gasteiger partial charge in [0.05, 0.1) is 18.9 Å². The van der Waals surface area contributed by atoms with Crippen LogP contribution in [-0.2, 0) is 0 Å². The van der Waals surface area contributed by atoms with Gasteiger partial charge in [0.15, 0.2) is 5.69 Å². The van der Waals surface area contributed by atoms with Crippen LogP contribution in [0.15, 0.2) is 12.4 Å². The van der Waals surface area contributed by atoms with Crippen LogP contribution in [-0.4, -0.2) is 45.2 Å². The van der Waals surface area contributed by atoms with Gasteiger partial charge in [-0.3, -0.25) is 0 Å². The van der Waals surface area contributed by atoms with Gasteiger partial charge >= 0.3 is 5.97 Å². The molecule has 1 heterocycles. The first kappa shape index (κ1) is 12.2. The van der Waals surface area contributed by atoms with Gasteiger partial charge in [-0.1, -0.05) is 0 Å². The van der Waals surface area contributed by atoms with Crippen LogP contribution in [0.1, 0.15) is 10.5 Å². The van der Waals surface area contributed by atoms with Crippen molar-refractivity contribution >= 4 is 11.8 Å². The summed E-state index contributed by atoms with van der Waals surface area (Å²) in [4.78, 5) is 17.4. The second-order valence-electron chi connectivity index (χ2n) is 2.96. The van der Waals surface area contributed by atoms with Crippen LogP contribution in [0.5, 0.6) is 0 Å². The van der Waals surface area contributed by atoms with Crippen molar-refractivity contribution in [3.8, 4) is 0 Å². The molecule has 0 aliphatic carbocycles. The predicted octanol–water partition coefficient (Wildman–Crippen LogP) is 0.214. The molecule has 0 radical (unpaired) electrons. The summed E-state index contributed by atoms with van der Waals surface area (Å²) in [5.74, 6) is -4.49. The lowest BCUT2D eigenvalue weighted by Gasteiger charge is -2.13. The Balaban J connectivity index is 2.59. The van der Waals surface area contributed by atoms with Crippen LogP contribution in [0.25, 0.3) is 0 Å². The largest absolute Gasteiger partial charge is 0.476 e. The Kier molecular flexibility index (Phi) is 3.67. The summed E-state index contributed by atoms with van der Waals surface area (Å²) >= 11 is 0.